The lowest BCUT2D eigenvalue weighted by Crippen LogP contribution is -2.18. The average Bonchev–Trinajstić information content (AvgIpc) is 2.73. The first-order chi connectivity index (χ1) is 14.1. The number of halogens is 1. The molecular formula is C23H15FO5. The third-order valence-corrected chi connectivity index (χ3v) is 4.21. The van der Waals surface area contributed by atoms with E-state index >= 15 is 0 Å². The van der Waals surface area contributed by atoms with Gasteiger partial charge in [0, 0.05) is 17.5 Å². The standard InChI is InChI=1S/C23H15FO5/c24-19-8-4-5-9-20(19)27-14-23(26)28-16-10-11-17-18(15-6-2-1-3-7-15)13-22(25)29-21(17)12-16/h1-13H,14H2. The Morgan fingerprint density at radius 3 is 2.48 bits per heavy atom. The molecule has 0 saturated heterocycles. The highest BCUT2D eigenvalue weighted by Gasteiger charge is 2.12. The summed E-state index contributed by atoms with van der Waals surface area (Å²) in [7, 11) is 0. The highest BCUT2D eigenvalue weighted by molar-refractivity contribution is 5.94. The summed E-state index contributed by atoms with van der Waals surface area (Å²) in [6.45, 7) is -0.465. The summed E-state index contributed by atoms with van der Waals surface area (Å²) in [6, 6.07) is 21.4. The van der Waals surface area contributed by atoms with Crippen LogP contribution in [0.15, 0.2) is 88.1 Å². The lowest BCUT2D eigenvalue weighted by atomic mass is 10.0. The van der Waals surface area contributed by atoms with Crippen molar-refractivity contribution in [3.8, 4) is 22.6 Å². The molecule has 0 aliphatic heterocycles. The lowest BCUT2D eigenvalue weighted by molar-refractivity contribution is -0.136. The van der Waals surface area contributed by atoms with Crippen LogP contribution in [-0.2, 0) is 4.79 Å². The van der Waals surface area contributed by atoms with E-state index in [-0.39, 0.29) is 17.1 Å². The summed E-state index contributed by atoms with van der Waals surface area (Å²) in [5, 5.41) is 0.707. The zero-order chi connectivity index (χ0) is 20.2. The summed E-state index contributed by atoms with van der Waals surface area (Å²) in [5.41, 5.74) is 1.37. The Balaban J connectivity index is 1.55. The molecule has 5 nitrogen and oxygen atoms in total. The Bertz CT molecular complexity index is 1230. The zero-order valence-electron chi connectivity index (χ0n) is 15.1. The Morgan fingerprint density at radius 1 is 0.931 bits per heavy atom. The second kappa shape index (κ2) is 7.98. The van der Waals surface area contributed by atoms with Crippen LogP contribution in [0.5, 0.6) is 11.5 Å². The minimum Gasteiger partial charge on any atom is -0.479 e. The van der Waals surface area contributed by atoms with E-state index in [1.165, 1.54) is 30.3 Å². The smallest absolute Gasteiger partial charge is 0.349 e. The van der Waals surface area contributed by atoms with Gasteiger partial charge >= 0.3 is 11.6 Å². The molecule has 0 aliphatic rings. The predicted molar refractivity (Wildman–Crippen MR) is 105 cm³/mol. The Kier molecular flexibility index (Phi) is 5.07. The molecule has 1 aromatic heterocycles. The molecule has 6 heteroatoms. The number of rotatable bonds is 5. The van der Waals surface area contributed by atoms with Crippen LogP contribution < -0.4 is 15.1 Å². The molecule has 0 atom stereocenters. The van der Waals surface area contributed by atoms with Crippen LogP contribution in [0.4, 0.5) is 4.39 Å². The second-order valence-corrected chi connectivity index (χ2v) is 6.20. The highest BCUT2D eigenvalue weighted by atomic mass is 19.1. The van der Waals surface area contributed by atoms with Crippen LogP contribution in [0.3, 0.4) is 0 Å². The van der Waals surface area contributed by atoms with Gasteiger partial charge in [0.15, 0.2) is 18.2 Å². The minimum atomic E-state index is -0.714. The van der Waals surface area contributed by atoms with Crippen molar-refractivity contribution in [1.29, 1.82) is 0 Å². The van der Waals surface area contributed by atoms with Crippen LogP contribution in [0.1, 0.15) is 0 Å². The van der Waals surface area contributed by atoms with E-state index in [2.05, 4.69) is 0 Å². The fourth-order valence-electron chi connectivity index (χ4n) is 2.92. The summed E-state index contributed by atoms with van der Waals surface area (Å²) in [4.78, 5) is 24.0. The normalized spacial score (nSPS) is 10.7. The third kappa shape index (κ3) is 4.16. The molecule has 4 rings (SSSR count). The Hall–Kier alpha value is -3.93. The summed E-state index contributed by atoms with van der Waals surface area (Å²) in [6.07, 6.45) is 0. The van der Waals surface area contributed by atoms with E-state index in [1.807, 2.05) is 30.3 Å². The number of hydrogen-bond acceptors (Lipinski definition) is 5. The van der Waals surface area contributed by atoms with Gasteiger partial charge in [0.2, 0.25) is 0 Å². The van der Waals surface area contributed by atoms with Crippen molar-refractivity contribution in [1.82, 2.24) is 0 Å². The van der Waals surface area contributed by atoms with Crippen LogP contribution >= 0.6 is 0 Å². The topological polar surface area (TPSA) is 65.7 Å². The van der Waals surface area contributed by atoms with Gasteiger partial charge in [-0.2, -0.15) is 0 Å². The first kappa shape index (κ1) is 18.4. The average molecular weight is 390 g/mol. The van der Waals surface area contributed by atoms with Gasteiger partial charge in [-0.25, -0.2) is 14.0 Å². The Morgan fingerprint density at radius 2 is 1.69 bits per heavy atom. The van der Waals surface area contributed by atoms with E-state index in [9.17, 15) is 14.0 Å². The van der Waals surface area contributed by atoms with Gasteiger partial charge in [-0.05, 0) is 35.4 Å². The minimum absolute atomic E-state index is 0.0403. The van der Waals surface area contributed by atoms with Crippen LogP contribution in [0.25, 0.3) is 22.1 Å². The molecule has 29 heavy (non-hydrogen) atoms. The maximum absolute atomic E-state index is 13.5. The SMILES string of the molecule is O=C(COc1ccccc1F)Oc1ccc2c(-c3ccccc3)cc(=O)oc2c1. The number of benzene rings is 3. The molecule has 144 valence electrons. The van der Waals surface area contributed by atoms with Crippen molar-refractivity contribution < 1.29 is 23.1 Å². The maximum atomic E-state index is 13.5. The van der Waals surface area contributed by atoms with Gasteiger partial charge in [0.1, 0.15) is 11.3 Å². The van der Waals surface area contributed by atoms with E-state index in [1.54, 1.807) is 18.2 Å². The second-order valence-electron chi connectivity index (χ2n) is 6.20. The molecule has 0 unspecified atom stereocenters. The van der Waals surface area contributed by atoms with E-state index in [0.717, 1.165) is 11.1 Å². The summed E-state index contributed by atoms with van der Waals surface area (Å²) in [5.74, 6) is -1.13. The van der Waals surface area contributed by atoms with Crippen LogP contribution in [-0.4, -0.2) is 12.6 Å². The molecule has 0 bridgehead atoms. The van der Waals surface area contributed by atoms with Gasteiger partial charge in [-0.3, -0.25) is 0 Å². The van der Waals surface area contributed by atoms with Crippen molar-refractivity contribution >= 4 is 16.9 Å². The van der Waals surface area contributed by atoms with Gasteiger partial charge in [0.25, 0.3) is 0 Å². The number of hydrogen-bond donors (Lipinski definition) is 0. The molecule has 0 saturated carbocycles. The van der Waals surface area contributed by atoms with Crippen LogP contribution in [0, 0.1) is 5.82 Å². The molecule has 0 spiro atoms. The van der Waals surface area contributed by atoms with Crippen molar-refractivity contribution in [3.63, 3.8) is 0 Å². The molecule has 0 aliphatic carbocycles. The van der Waals surface area contributed by atoms with E-state index < -0.39 is 24.0 Å². The van der Waals surface area contributed by atoms with Gasteiger partial charge in [0.05, 0.1) is 0 Å². The van der Waals surface area contributed by atoms with Gasteiger partial charge in [-0.1, -0.05) is 42.5 Å². The molecule has 0 N–H and O–H groups in total. The first-order valence-electron chi connectivity index (χ1n) is 8.81. The summed E-state index contributed by atoms with van der Waals surface area (Å²) >= 11 is 0. The molecular weight excluding hydrogens is 375 g/mol. The van der Waals surface area contributed by atoms with Crippen molar-refractivity contribution in [2.45, 2.75) is 0 Å². The van der Waals surface area contributed by atoms with Crippen molar-refractivity contribution in [3.05, 3.63) is 95.1 Å². The number of carbonyl (C=O) groups excluding carboxylic acids is 1. The molecule has 0 amide bonds. The molecule has 0 radical (unpaired) electrons. The molecule has 3 aromatic carbocycles. The quantitative estimate of drug-likeness (QED) is 0.283. The molecule has 4 aromatic rings. The lowest BCUT2D eigenvalue weighted by Gasteiger charge is -2.09. The highest BCUT2D eigenvalue weighted by Crippen LogP contribution is 2.29. The van der Waals surface area contributed by atoms with E-state index in [4.69, 9.17) is 13.9 Å². The summed E-state index contributed by atoms with van der Waals surface area (Å²) < 4.78 is 29.2. The largest absolute Gasteiger partial charge is 0.479 e. The predicted octanol–water partition coefficient (Wildman–Crippen LogP) is 4.58. The number of fused-ring (bicyclic) bond motifs is 1. The molecule has 0 fully saturated rings. The van der Waals surface area contributed by atoms with Crippen molar-refractivity contribution in [2.24, 2.45) is 0 Å². The monoisotopic (exact) mass is 390 g/mol. The van der Waals surface area contributed by atoms with Gasteiger partial charge in [-0.15, -0.1) is 0 Å². The number of ether oxygens (including phenoxy) is 2. The third-order valence-electron chi connectivity index (χ3n) is 4.21. The maximum Gasteiger partial charge on any atom is 0.349 e. The van der Waals surface area contributed by atoms with Gasteiger partial charge < -0.3 is 13.9 Å². The zero-order valence-corrected chi connectivity index (χ0v) is 15.1. The fraction of sp³-hybridized carbons (Fsp3) is 0.0435. The Labute approximate surface area is 164 Å². The number of para-hydroxylation sites is 1. The molecule has 1 heterocycles. The van der Waals surface area contributed by atoms with Crippen molar-refractivity contribution in [2.75, 3.05) is 6.61 Å². The van der Waals surface area contributed by atoms with E-state index in [0.29, 0.717) is 5.39 Å². The van der Waals surface area contributed by atoms with Crippen LogP contribution in [0.2, 0.25) is 0 Å². The first-order valence-corrected chi connectivity index (χ1v) is 8.81. The number of esters is 1. The fourth-order valence-corrected chi connectivity index (χ4v) is 2.92. The number of carbonyl (C=O) groups is 1.